The third-order valence-corrected chi connectivity index (χ3v) is 4.40. The molecule has 0 heterocycles. The van der Waals surface area contributed by atoms with E-state index in [0.29, 0.717) is 12.1 Å². The Morgan fingerprint density at radius 2 is 1.40 bits per heavy atom. The second-order valence-corrected chi connectivity index (χ2v) is 6.38. The molecule has 1 aliphatic carbocycles. The number of ether oxygens (including phenoxy) is 1. The SMILES string of the molecule is CCCNC1CCCCCCCCCCC1OCCC. The van der Waals surface area contributed by atoms with Gasteiger partial charge in [-0.2, -0.15) is 0 Å². The van der Waals surface area contributed by atoms with Crippen molar-refractivity contribution >= 4 is 0 Å². The highest BCUT2D eigenvalue weighted by molar-refractivity contribution is 4.78. The first kappa shape index (κ1) is 18.0. The lowest BCUT2D eigenvalue weighted by Gasteiger charge is -2.29. The summed E-state index contributed by atoms with van der Waals surface area (Å²) in [5, 5.41) is 3.76. The Balaban J connectivity index is 2.50. The van der Waals surface area contributed by atoms with Gasteiger partial charge in [-0.15, -0.1) is 0 Å². The van der Waals surface area contributed by atoms with Crippen LogP contribution >= 0.6 is 0 Å². The Morgan fingerprint density at radius 3 is 2.00 bits per heavy atom. The fourth-order valence-electron chi connectivity index (χ4n) is 3.19. The molecular formula is C18H37NO. The van der Waals surface area contributed by atoms with Gasteiger partial charge < -0.3 is 10.1 Å². The quantitative estimate of drug-likeness (QED) is 0.735. The minimum absolute atomic E-state index is 0.445. The molecule has 2 heteroatoms. The minimum Gasteiger partial charge on any atom is -0.377 e. The van der Waals surface area contributed by atoms with E-state index in [-0.39, 0.29) is 0 Å². The van der Waals surface area contributed by atoms with Crippen LogP contribution < -0.4 is 5.32 Å². The molecule has 2 nitrogen and oxygen atoms in total. The van der Waals surface area contributed by atoms with E-state index in [4.69, 9.17) is 4.74 Å². The minimum atomic E-state index is 0.445. The Bertz CT molecular complexity index is 186. The molecule has 0 aromatic heterocycles. The zero-order valence-corrected chi connectivity index (χ0v) is 14.0. The molecule has 0 aliphatic heterocycles. The number of nitrogens with one attached hydrogen (secondary N) is 1. The van der Waals surface area contributed by atoms with Crippen LogP contribution in [0.25, 0.3) is 0 Å². The fourth-order valence-corrected chi connectivity index (χ4v) is 3.19. The highest BCUT2D eigenvalue weighted by Gasteiger charge is 2.21. The monoisotopic (exact) mass is 283 g/mol. The summed E-state index contributed by atoms with van der Waals surface area (Å²) >= 11 is 0. The van der Waals surface area contributed by atoms with Crippen LogP contribution in [0, 0.1) is 0 Å². The predicted octanol–water partition coefficient (Wildman–Crippen LogP) is 5.06. The van der Waals surface area contributed by atoms with Gasteiger partial charge in [0.15, 0.2) is 0 Å². The van der Waals surface area contributed by atoms with Gasteiger partial charge >= 0.3 is 0 Å². The predicted molar refractivity (Wildman–Crippen MR) is 88.3 cm³/mol. The first-order chi connectivity index (χ1) is 9.88. The van der Waals surface area contributed by atoms with Gasteiger partial charge in [-0.25, -0.2) is 0 Å². The third-order valence-electron chi connectivity index (χ3n) is 4.40. The van der Waals surface area contributed by atoms with E-state index in [1.807, 2.05) is 0 Å². The summed E-state index contributed by atoms with van der Waals surface area (Å²) in [6.07, 6.45) is 16.6. The van der Waals surface area contributed by atoms with Gasteiger partial charge in [-0.3, -0.25) is 0 Å². The zero-order valence-electron chi connectivity index (χ0n) is 14.0. The highest BCUT2D eigenvalue weighted by atomic mass is 16.5. The zero-order chi connectivity index (χ0) is 14.5. The van der Waals surface area contributed by atoms with E-state index in [9.17, 15) is 0 Å². The molecule has 0 saturated heterocycles. The topological polar surface area (TPSA) is 21.3 Å². The van der Waals surface area contributed by atoms with Crippen LogP contribution in [-0.2, 0) is 4.74 Å². The van der Waals surface area contributed by atoms with Crippen molar-refractivity contribution in [2.75, 3.05) is 13.2 Å². The molecule has 2 unspecified atom stereocenters. The molecule has 0 aromatic rings. The summed E-state index contributed by atoms with van der Waals surface area (Å²) in [7, 11) is 0. The standard InChI is InChI=1S/C18H37NO/c1-3-15-19-17-13-11-9-7-5-6-8-10-12-14-18(17)20-16-4-2/h17-19H,3-16H2,1-2H3. The molecule has 1 fully saturated rings. The molecule has 1 saturated carbocycles. The first-order valence-electron chi connectivity index (χ1n) is 9.23. The molecule has 0 aromatic carbocycles. The molecule has 0 radical (unpaired) electrons. The van der Waals surface area contributed by atoms with Gasteiger partial charge in [-0.05, 0) is 32.2 Å². The average Bonchev–Trinajstić information content (AvgIpc) is 2.45. The van der Waals surface area contributed by atoms with Gasteiger partial charge in [0.2, 0.25) is 0 Å². The highest BCUT2D eigenvalue weighted by Crippen LogP contribution is 2.19. The first-order valence-corrected chi connectivity index (χ1v) is 9.23. The number of rotatable bonds is 6. The Morgan fingerprint density at radius 1 is 0.800 bits per heavy atom. The average molecular weight is 283 g/mol. The van der Waals surface area contributed by atoms with Crippen LogP contribution in [0.4, 0.5) is 0 Å². The molecule has 0 bridgehead atoms. The van der Waals surface area contributed by atoms with Crippen LogP contribution in [-0.4, -0.2) is 25.3 Å². The van der Waals surface area contributed by atoms with E-state index >= 15 is 0 Å². The van der Waals surface area contributed by atoms with E-state index in [0.717, 1.165) is 19.6 Å². The molecule has 2 atom stereocenters. The summed E-state index contributed by atoms with van der Waals surface area (Å²) in [6, 6.07) is 0.584. The molecule has 0 amide bonds. The number of hydrogen-bond donors (Lipinski definition) is 1. The van der Waals surface area contributed by atoms with Crippen molar-refractivity contribution in [1.29, 1.82) is 0 Å². The summed E-state index contributed by atoms with van der Waals surface area (Å²) in [6.45, 7) is 6.53. The van der Waals surface area contributed by atoms with E-state index in [1.165, 1.54) is 70.6 Å². The van der Waals surface area contributed by atoms with Crippen LogP contribution in [0.2, 0.25) is 0 Å². The molecular weight excluding hydrogens is 246 g/mol. The van der Waals surface area contributed by atoms with Gasteiger partial charge in [0, 0.05) is 12.6 Å². The van der Waals surface area contributed by atoms with Crippen molar-refractivity contribution < 1.29 is 4.74 Å². The van der Waals surface area contributed by atoms with Crippen LogP contribution in [0.1, 0.15) is 90.9 Å². The van der Waals surface area contributed by atoms with Crippen molar-refractivity contribution in [2.24, 2.45) is 0 Å². The Labute approximate surface area is 127 Å². The fraction of sp³-hybridized carbons (Fsp3) is 1.00. The van der Waals surface area contributed by atoms with Gasteiger partial charge in [0.1, 0.15) is 0 Å². The van der Waals surface area contributed by atoms with Crippen molar-refractivity contribution in [2.45, 2.75) is 103 Å². The number of hydrogen-bond acceptors (Lipinski definition) is 2. The summed E-state index contributed by atoms with van der Waals surface area (Å²) in [4.78, 5) is 0. The van der Waals surface area contributed by atoms with Crippen LogP contribution in [0.15, 0.2) is 0 Å². The molecule has 1 N–H and O–H groups in total. The summed E-state index contributed by atoms with van der Waals surface area (Å²) in [5.74, 6) is 0. The molecule has 1 rings (SSSR count). The van der Waals surface area contributed by atoms with Crippen molar-refractivity contribution in [3.05, 3.63) is 0 Å². The molecule has 0 spiro atoms. The normalized spacial score (nSPS) is 26.7. The lowest BCUT2D eigenvalue weighted by Crippen LogP contribution is -2.42. The lowest BCUT2D eigenvalue weighted by atomic mass is 9.95. The van der Waals surface area contributed by atoms with Gasteiger partial charge in [-0.1, -0.05) is 65.2 Å². The van der Waals surface area contributed by atoms with Crippen LogP contribution in [0.5, 0.6) is 0 Å². The summed E-state index contributed by atoms with van der Waals surface area (Å²) < 4.78 is 6.18. The summed E-state index contributed by atoms with van der Waals surface area (Å²) in [5.41, 5.74) is 0. The lowest BCUT2D eigenvalue weighted by molar-refractivity contribution is 0.0165. The van der Waals surface area contributed by atoms with Gasteiger partial charge in [0.25, 0.3) is 0 Å². The Hall–Kier alpha value is -0.0800. The van der Waals surface area contributed by atoms with Crippen molar-refractivity contribution in [1.82, 2.24) is 5.32 Å². The molecule has 20 heavy (non-hydrogen) atoms. The van der Waals surface area contributed by atoms with Crippen molar-refractivity contribution in [3.63, 3.8) is 0 Å². The smallest absolute Gasteiger partial charge is 0.0728 e. The van der Waals surface area contributed by atoms with Crippen molar-refractivity contribution in [3.8, 4) is 0 Å². The Kier molecular flexibility index (Phi) is 11.4. The maximum absolute atomic E-state index is 6.18. The second-order valence-electron chi connectivity index (χ2n) is 6.38. The van der Waals surface area contributed by atoms with E-state index < -0.39 is 0 Å². The van der Waals surface area contributed by atoms with E-state index in [2.05, 4.69) is 19.2 Å². The maximum Gasteiger partial charge on any atom is 0.0728 e. The van der Waals surface area contributed by atoms with Gasteiger partial charge in [0.05, 0.1) is 6.10 Å². The van der Waals surface area contributed by atoms with E-state index in [1.54, 1.807) is 0 Å². The largest absolute Gasteiger partial charge is 0.377 e. The molecule has 120 valence electrons. The maximum atomic E-state index is 6.18. The van der Waals surface area contributed by atoms with Crippen LogP contribution in [0.3, 0.4) is 0 Å². The second kappa shape index (κ2) is 12.6. The third kappa shape index (κ3) is 8.26. The molecule has 1 aliphatic rings.